The van der Waals surface area contributed by atoms with Crippen LogP contribution in [-0.2, 0) is 0 Å². The normalized spacial score (nSPS) is 13.2. The zero-order valence-corrected chi connectivity index (χ0v) is 18.8. The van der Waals surface area contributed by atoms with E-state index in [1.807, 2.05) is 12.1 Å². The first-order chi connectivity index (χ1) is 16.3. The van der Waals surface area contributed by atoms with E-state index in [1.165, 1.54) is 40.7 Å². The molecular formula is C31H26N2. The minimum atomic E-state index is 0.662. The summed E-state index contributed by atoms with van der Waals surface area (Å²) in [6, 6.07) is 38.7. The average Bonchev–Trinajstić information content (AvgIpc) is 3.65. The molecule has 4 aromatic carbocycles. The van der Waals surface area contributed by atoms with Crippen LogP contribution in [0.2, 0.25) is 0 Å². The largest absolute Gasteiger partial charge is 0.313 e. The van der Waals surface area contributed by atoms with Crippen molar-refractivity contribution < 1.29 is 0 Å². The molecular weight excluding hydrogens is 400 g/mol. The van der Waals surface area contributed by atoms with E-state index < -0.39 is 0 Å². The monoisotopic (exact) mass is 426 g/mol. The highest BCUT2D eigenvalue weighted by atomic mass is 15.0. The quantitative estimate of drug-likeness (QED) is 0.253. The second-order valence-electron chi connectivity index (χ2n) is 8.95. The first-order valence-electron chi connectivity index (χ1n) is 11.7. The fourth-order valence-corrected chi connectivity index (χ4v) is 4.56. The van der Waals surface area contributed by atoms with Gasteiger partial charge in [-0.15, -0.1) is 0 Å². The molecule has 2 nitrogen and oxygen atoms in total. The van der Waals surface area contributed by atoms with Crippen LogP contribution in [0.15, 0.2) is 114 Å². The predicted molar refractivity (Wildman–Crippen MR) is 138 cm³/mol. The lowest BCUT2D eigenvalue weighted by Crippen LogP contribution is -2.02. The van der Waals surface area contributed by atoms with Gasteiger partial charge in [-0.1, -0.05) is 84.4 Å². The Balaban J connectivity index is 1.53. The molecule has 0 saturated heterocycles. The molecule has 0 amide bonds. The molecule has 5 aromatic rings. The van der Waals surface area contributed by atoms with Crippen molar-refractivity contribution in [3.63, 3.8) is 0 Å². The molecule has 0 aliphatic heterocycles. The van der Waals surface area contributed by atoms with Gasteiger partial charge in [-0.25, -0.2) is 4.99 Å². The van der Waals surface area contributed by atoms with Gasteiger partial charge < -0.3 is 4.57 Å². The van der Waals surface area contributed by atoms with Crippen molar-refractivity contribution in [2.75, 3.05) is 0 Å². The molecule has 1 aliphatic carbocycles. The van der Waals surface area contributed by atoms with Crippen molar-refractivity contribution in [1.82, 2.24) is 4.57 Å². The van der Waals surface area contributed by atoms with Crippen LogP contribution in [0.3, 0.4) is 0 Å². The molecule has 33 heavy (non-hydrogen) atoms. The number of hydrogen-bond donors (Lipinski definition) is 0. The smallest absolute Gasteiger partial charge is 0.0781 e. The molecule has 0 spiro atoms. The number of nitrogens with zero attached hydrogens (tertiary/aromatic N) is 2. The van der Waals surface area contributed by atoms with Gasteiger partial charge in [0.1, 0.15) is 0 Å². The summed E-state index contributed by atoms with van der Waals surface area (Å²) in [6.45, 7) is 2.14. The van der Waals surface area contributed by atoms with Crippen LogP contribution < -0.4 is 0 Å². The summed E-state index contributed by atoms with van der Waals surface area (Å²) in [5.41, 5.74) is 9.36. The third-order valence-electron chi connectivity index (χ3n) is 6.44. The van der Waals surface area contributed by atoms with Crippen molar-refractivity contribution in [3.8, 4) is 5.69 Å². The third-order valence-corrected chi connectivity index (χ3v) is 6.44. The van der Waals surface area contributed by atoms with E-state index in [1.54, 1.807) is 0 Å². The first kappa shape index (κ1) is 19.8. The fraction of sp³-hybridized carbons (Fsp3) is 0.129. The van der Waals surface area contributed by atoms with Gasteiger partial charge in [0.25, 0.3) is 0 Å². The predicted octanol–water partition coefficient (Wildman–Crippen LogP) is 7.99. The molecule has 1 aliphatic rings. The minimum Gasteiger partial charge on any atom is -0.313 e. The van der Waals surface area contributed by atoms with Crippen LogP contribution in [0.5, 0.6) is 0 Å². The topological polar surface area (TPSA) is 17.3 Å². The molecule has 1 aromatic heterocycles. The number of aromatic nitrogens is 1. The van der Waals surface area contributed by atoms with E-state index in [0.717, 1.165) is 22.5 Å². The van der Waals surface area contributed by atoms with Crippen molar-refractivity contribution in [1.29, 1.82) is 0 Å². The highest BCUT2D eigenvalue weighted by Gasteiger charge is 2.28. The number of hydrogen-bond acceptors (Lipinski definition) is 1. The zero-order valence-electron chi connectivity index (χ0n) is 18.8. The fourth-order valence-electron chi connectivity index (χ4n) is 4.56. The third kappa shape index (κ3) is 3.89. The van der Waals surface area contributed by atoms with Crippen molar-refractivity contribution in [3.05, 3.63) is 132 Å². The molecule has 0 bridgehead atoms. The van der Waals surface area contributed by atoms with Gasteiger partial charge in [-0.2, -0.15) is 0 Å². The molecule has 0 unspecified atom stereocenters. The maximum absolute atomic E-state index is 5.17. The molecule has 160 valence electrons. The van der Waals surface area contributed by atoms with E-state index in [4.69, 9.17) is 4.99 Å². The highest BCUT2D eigenvalue weighted by Crippen LogP contribution is 2.44. The number of fused-ring (bicyclic) bond motifs is 1. The lowest BCUT2D eigenvalue weighted by Gasteiger charge is -2.12. The number of aliphatic imine (C=N–C) groups is 1. The standard InChI is InChI=1S/C31H26N2/c1-22-12-18-28(19-13-22)33-29(23-14-15-23)20-26-16-17-27(21-30(26)33)32-31(24-8-4-2-5-9-24)25-10-6-3-7-11-25/h2-13,16-21,23H,14-15H2,1H3. The summed E-state index contributed by atoms with van der Waals surface area (Å²) in [6.07, 6.45) is 2.55. The van der Waals surface area contributed by atoms with Crippen molar-refractivity contribution in [2.45, 2.75) is 25.7 Å². The van der Waals surface area contributed by atoms with E-state index in [0.29, 0.717) is 5.92 Å². The minimum absolute atomic E-state index is 0.662. The molecule has 1 heterocycles. The summed E-state index contributed by atoms with van der Waals surface area (Å²) in [5.74, 6) is 0.662. The van der Waals surface area contributed by atoms with E-state index in [-0.39, 0.29) is 0 Å². The molecule has 1 saturated carbocycles. The average molecular weight is 427 g/mol. The number of benzene rings is 4. The molecule has 0 atom stereocenters. The van der Waals surface area contributed by atoms with Crippen LogP contribution in [0.4, 0.5) is 5.69 Å². The maximum atomic E-state index is 5.17. The zero-order chi connectivity index (χ0) is 22.2. The Hall–Kier alpha value is -3.91. The van der Waals surface area contributed by atoms with Gasteiger partial charge in [0.15, 0.2) is 0 Å². The van der Waals surface area contributed by atoms with E-state index >= 15 is 0 Å². The van der Waals surface area contributed by atoms with Gasteiger partial charge in [-0.3, -0.25) is 0 Å². The van der Waals surface area contributed by atoms with Gasteiger partial charge in [0.05, 0.1) is 16.9 Å². The molecule has 6 rings (SSSR count). The van der Waals surface area contributed by atoms with Gasteiger partial charge in [0, 0.05) is 27.9 Å². The van der Waals surface area contributed by atoms with E-state index in [2.05, 4.69) is 109 Å². The Morgan fingerprint density at radius 3 is 1.97 bits per heavy atom. The Labute approximate surface area is 194 Å². The Kier molecular flexibility index (Phi) is 4.92. The van der Waals surface area contributed by atoms with Crippen molar-refractivity contribution in [2.24, 2.45) is 4.99 Å². The molecule has 0 N–H and O–H groups in total. The summed E-state index contributed by atoms with van der Waals surface area (Å²) in [7, 11) is 0. The lowest BCUT2D eigenvalue weighted by molar-refractivity contribution is 0.949. The van der Waals surface area contributed by atoms with Crippen LogP contribution >= 0.6 is 0 Å². The summed E-state index contributed by atoms with van der Waals surface area (Å²) in [5, 5.41) is 1.28. The number of aryl methyl sites for hydroxylation is 1. The van der Waals surface area contributed by atoms with E-state index in [9.17, 15) is 0 Å². The second-order valence-corrected chi connectivity index (χ2v) is 8.95. The molecule has 1 fully saturated rings. The second kappa shape index (κ2) is 8.22. The summed E-state index contributed by atoms with van der Waals surface area (Å²) < 4.78 is 2.44. The van der Waals surface area contributed by atoms with Crippen molar-refractivity contribution >= 4 is 22.3 Å². The number of rotatable bonds is 5. The van der Waals surface area contributed by atoms with Crippen LogP contribution in [-0.4, -0.2) is 10.3 Å². The van der Waals surface area contributed by atoms with Gasteiger partial charge >= 0.3 is 0 Å². The molecule has 2 heteroatoms. The van der Waals surface area contributed by atoms with Crippen LogP contribution in [0, 0.1) is 6.92 Å². The maximum Gasteiger partial charge on any atom is 0.0781 e. The summed E-state index contributed by atoms with van der Waals surface area (Å²) >= 11 is 0. The Bertz CT molecular complexity index is 1400. The lowest BCUT2D eigenvalue weighted by atomic mass is 10.0. The SMILES string of the molecule is Cc1ccc(-n2c(C3CC3)cc3ccc(N=C(c4ccccc4)c4ccccc4)cc32)cc1. The molecule has 0 radical (unpaired) electrons. The van der Waals surface area contributed by atoms with Gasteiger partial charge in [0.2, 0.25) is 0 Å². The highest BCUT2D eigenvalue weighted by molar-refractivity contribution is 6.14. The van der Waals surface area contributed by atoms with Gasteiger partial charge in [-0.05, 0) is 56.0 Å². The van der Waals surface area contributed by atoms with Crippen LogP contribution in [0.25, 0.3) is 16.6 Å². The first-order valence-corrected chi connectivity index (χ1v) is 11.7. The Morgan fingerprint density at radius 1 is 0.727 bits per heavy atom. The Morgan fingerprint density at radius 2 is 1.36 bits per heavy atom. The summed E-state index contributed by atoms with van der Waals surface area (Å²) in [4.78, 5) is 5.17. The van der Waals surface area contributed by atoms with Crippen LogP contribution in [0.1, 0.15) is 41.1 Å².